The Morgan fingerprint density at radius 2 is 1.20 bits per heavy atom. The molecule has 0 aliphatic heterocycles. The molecule has 2 nitrogen and oxygen atoms in total. The van der Waals surface area contributed by atoms with Crippen LogP contribution in [0.4, 0.5) is 0 Å². The first kappa shape index (κ1) is 22.9. The zero-order valence-electron chi connectivity index (χ0n) is 20.3. The van der Waals surface area contributed by atoms with Crippen molar-refractivity contribution in [1.82, 2.24) is 0 Å². The van der Waals surface area contributed by atoms with Crippen molar-refractivity contribution in [3.8, 4) is 5.75 Å². The quantitative estimate of drug-likeness (QED) is 0.263. The summed E-state index contributed by atoms with van der Waals surface area (Å²) in [4.78, 5) is 0. The van der Waals surface area contributed by atoms with E-state index in [4.69, 9.17) is 9.47 Å². The van der Waals surface area contributed by atoms with Crippen LogP contribution in [0.2, 0.25) is 0 Å². The van der Waals surface area contributed by atoms with Crippen LogP contribution in [0.5, 0.6) is 5.75 Å². The van der Waals surface area contributed by atoms with E-state index in [1.54, 1.807) is 7.11 Å². The molecule has 2 atom stereocenters. The minimum absolute atomic E-state index is 0.166. The molecule has 174 valence electrons. The van der Waals surface area contributed by atoms with Gasteiger partial charge in [0.05, 0.1) is 7.11 Å². The lowest BCUT2D eigenvalue weighted by molar-refractivity contribution is -0.0438. The van der Waals surface area contributed by atoms with Crippen molar-refractivity contribution in [2.24, 2.45) is 0 Å². The van der Waals surface area contributed by atoms with Crippen molar-refractivity contribution in [2.45, 2.75) is 24.4 Å². The monoisotopic (exact) mass is 458 g/mol. The maximum Gasteiger partial charge on any atom is 0.122 e. The van der Waals surface area contributed by atoms with Gasteiger partial charge >= 0.3 is 0 Å². The standard InChI is InChI=1S/C33H30O2/c1-34-32-21-13-12-20-28(32)30-22-23-33(30,35-2)31(27-18-10-5-11-19-27)24-29(25-14-6-3-7-15-25)26-16-8-4-9-17-26/h3-21,30H,22-23H2,1-2H3. The number of hydrogen-bond donors (Lipinski definition) is 0. The van der Waals surface area contributed by atoms with Gasteiger partial charge in [0.1, 0.15) is 11.4 Å². The van der Waals surface area contributed by atoms with Gasteiger partial charge in [-0.25, -0.2) is 0 Å². The summed E-state index contributed by atoms with van der Waals surface area (Å²) in [6.45, 7) is 0. The molecule has 0 spiro atoms. The zero-order valence-corrected chi connectivity index (χ0v) is 20.3. The maximum absolute atomic E-state index is 6.46. The van der Waals surface area contributed by atoms with Crippen LogP contribution >= 0.6 is 0 Å². The lowest BCUT2D eigenvalue weighted by Gasteiger charge is -2.50. The molecule has 0 amide bonds. The van der Waals surface area contributed by atoms with Crippen LogP contribution in [0.1, 0.15) is 41.0 Å². The number of hydrogen-bond acceptors (Lipinski definition) is 2. The Hall–Kier alpha value is -3.84. The van der Waals surface area contributed by atoms with Crippen LogP contribution in [-0.4, -0.2) is 19.8 Å². The molecule has 0 aromatic heterocycles. The number of benzene rings is 4. The zero-order chi connectivity index (χ0) is 24.1. The van der Waals surface area contributed by atoms with Gasteiger partial charge in [0.25, 0.3) is 0 Å². The van der Waals surface area contributed by atoms with Crippen LogP contribution in [0.25, 0.3) is 11.1 Å². The summed E-state index contributed by atoms with van der Waals surface area (Å²) >= 11 is 0. The average Bonchev–Trinajstić information content (AvgIpc) is 2.92. The Labute approximate surface area is 208 Å². The van der Waals surface area contributed by atoms with Crippen molar-refractivity contribution in [1.29, 1.82) is 0 Å². The average molecular weight is 459 g/mol. The Morgan fingerprint density at radius 1 is 0.686 bits per heavy atom. The highest BCUT2D eigenvalue weighted by molar-refractivity contribution is 5.86. The SMILES string of the molecule is COc1ccccc1C1CCC1(OC)C(=C=C(c1ccccc1)c1ccccc1)c1ccccc1. The van der Waals surface area contributed by atoms with E-state index < -0.39 is 5.60 Å². The highest BCUT2D eigenvalue weighted by Gasteiger charge is 2.52. The molecule has 4 aromatic rings. The summed E-state index contributed by atoms with van der Waals surface area (Å²) in [5, 5.41) is 0. The second-order valence-electron chi connectivity index (χ2n) is 8.90. The van der Waals surface area contributed by atoms with E-state index in [2.05, 4.69) is 96.7 Å². The molecule has 2 heteroatoms. The summed E-state index contributed by atoms with van der Waals surface area (Å²) in [5.41, 5.74) is 10.1. The highest BCUT2D eigenvalue weighted by Crippen LogP contribution is 2.56. The summed E-state index contributed by atoms with van der Waals surface area (Å²) in [6, 6.07) is 39.9. The van der Waals surface area contributed by atoms with Gasteiger partial charge in [0, 0.05) is 29.7 Å². The molecule has 4 aromatic carbocycles. The third-order valence-electron chi connectivity index (χ3n) is 7.11. The molecule has 35 heavy (non-hydrogen) atoms. The number of ether oxygens (including phenoxy) is 2. The van der Waals surface area contributed by atoms with Gasteiger partial charge in [-0.05, 0) is 35.6 Å². The topological polar surface area (TPSA) is 18.5 Å². The van der Waals surface area contributed by atoms with E-state index in [0.717, 1.165) is 46.4 Å². The minimum atomic E-state index is -0.509. The fourth-order valence-electron chi connectivity index (χ4n) is 5.23. The van der Waals surface area contributed by atoms with Gasteiger partial charge in [0.15, 0.2) is 0 Å². The molecule has 0 heterocycles. The van der Waals surface area contributed by atoms with Crippen molar-refractivity contribution >= 4 is 11.1 Å². The van der Waals surface area contributed by atoms with E-state index in [0.29, 0.717) is 0 Å². The predicted octanol–water partition coefficient (Wildman–Crippen LogP) is 7.77. The number of methoxy groups -OCH3 is 2. The van der Waals surface area contributed by atoms with Crippen molar-refractivity contribution in [3.05, 3.63) is 143 Å². The molecule has 1 fully saturated rings. The molecule has 0 radical (unpaired) electrons. The Balaban J connectivity index is 1.80. The van der Waals surface area contributed by atoms with Gasteiger partial charge in [-0.3, -0.25) is 0 Å². The van der Waals surface area contributed by atoms with E-state index >= 15 is 0 Å². The van der Waals surface area contributed by atoms with Crippen LogP contribution < -0.4 is 4.74 Å². The number of para-hydroxylation sites is 1. The van der Waals surface area contributed by atoms with E-state index in [-0.39, 0.29) is 5.92 Å². The van der Waals surface area contributed by atoms with Crippen LogP contribution in [-0.2, 0) is 4.74 Å². The largest absolute Gasteiger partial charge is 0.496 e. The summed E-state index contributed by atoms with van der Waals surface area (Å²) in [6.07, 6.45) is 1.94. The fraction of sp³-hybridized carbons (Fsp3) is 0.182. The van der Waals surface area contributed by atoms with Crippen LogP contribution in [0.15, 0.2) is 121 Å². The van der Waals surface area contributed by atoms with E-state index in [1.807, 2.05) is 31.4 Å². The molecule has 0 N–H and O–H groups in total. The molecule has 0 saturated heterocycles. The summed E-state index contributed by atoms with van der Waals surface area (Å²) in [7, 11) is 3.57. The molecule has 1 saturated carbocycles. The van der Waals surface area contributed by atoms with E-state index in [9.17, 15) is 0 Å². The van der Waals surface area contributed by atoms with Gasteiger partial charge in [-0.1, -0.05) is 109 Å². The maximum atomic E-state index is 6.46. The van der Waals surface area contributed by atoms with Gasteiger partial charge in [-0.15, -0.1) is 5.73 Å². The minimum Gasteiger partial charge on any atom is -0.496 e. The van der Waals surface area contributed by atoms with Crippen molar-refractivity contribution in [3.63, 3.8) is 0 Å². The third kappa shape index (κ3) is 4.35. The smallest absolute Gasteiger partial charge is 0.122 e. The Bertz CT molecular complexity index is 1290. The second-order valence-corrected chi connectivity index (χ2v) is 8.90. The molecule has 1 aliphatic rings. The van der Waals surface area contributed by atoms with Gasteiger partial charge < -0.3 is 9.47 Å². The molecule has 5 rings (SSSR count). The second kappa shape index (κ2) is 10.2. The van der Waals surface area contributed by atoms with E-state index in [1.165, 1.54) is 5.56 Å². The first-order chi connectivity index (χ1) is 17.3. The Morgan fingerprint density at radius 3 is 1.69 bits per heavy atom. The van der Waals surface area contributed by atoms with Crippen LogP contribution in [0.3, 0.4) is 0 Å². The van der Waals surface area contributed by atoms with Gasteiger partial charge in [0.2, 0.25) is 0 Å². The van der Waals surface area contributed by atoms with Crippen LogP contribution in [0, 0.1) is 0 Å². The van der Waals surface area contributed by atoms with Crippen molar-refractivity contribution < 1.29 is 9.47 Å². The van der Waals surface area contributed by atoms with Gasteiger partial charge in [-0.2, -0.15) is 0 Å². The lowest BCUT2D eigenvalue weighted by atomic mass is 9.61. The molecule has 0 bridgehead atoms. The Kier molecular flexibility index (Phi) is 6.68. The molecular weight excluding hydrogens is 428 g/mol. The highest BCUT2D eigenvalue weighted by atomic mass is 16.5. The van der Waals surface area contributed by atoms with Crippen molar-refractivity contribution in [2.75, 3.05) is 14.2 Å². The fourth-order valence-corrected chi connectivity index (χ4v) is 5.23. The molecular formula is C33H30O2. The summed E-state index contributed by atoms with van der Waals surface area (Å²) < 4.78 is 12.2. The third-order valence-corrected chi connectivity index (χ3v) is 7.11. The summed E-state index contributed by atoms with van der Waals surface area (Å²) in [5.74, 6) is 1.07. The first-order valence-corrected chi connectivity index (χ1v) is 12.1. The first-order valence-electron chi connectivity index (χ1n) is 12.1. The molecule has 1 aliphatic carbocycles. The number of rotatable bonds is 7. The lowest BCUT2D eigenvalue weighted by Crippen LogP contribution is -2.48. The normalized spacial score (nSPS) is 18.7. The predicted molar refractivity (Wildman–Crippen MR) is 143 cm³/mol. The molecule has 2 unspecified atom stereocenters.